The van der Waals surface area contributed by atoms with E-state index in [0.29, 0.717) is 48.4 Å². The van der Waals surface area contributed by atoms with E-state index in [2.05, 4.69) is 16.9 Å². The lowest BCUT2D eigenvalue weighted by atomic mass is 10.0. The maximum absolute atomic E-state index is 14.3. The van der Waals surface area contributed by atoms with Crippen LogP contribution in [-0.2, 0) is 10.0 Å². The Kier molecular flexibility index (Phi) is 7.11. The lowest BCUT2D eigenvalue weighted by Crippen LogP contribution is -2.47. The smallest absolute Gasteiger partial charge is 0.281 e. The number of sulfonamides is 1. The van der Waals surface area contributed by atoms with Crippen LogP contribution < -0.4 is 20.1 Å². The van der Waals surface area contributed by atoms with E-state index in [0.717, 1.165) is 0 Å². The number of hydrogen-bond acceptors (Lipinski definition) is 8. The minimum Gasteiger partial charge on any atom is -0.493 e. The molecule has 9 nitrogen and oxygen atoms in total. The number of hydrogen-bond donors (Lipinski definition) is 2. The van der Waals surface area contributed by atoms with Crippen LogP contribution >= 0.6 is 0 Å². The number of nitrogens with zero attached hydrogens (tertiary/aromatic N) is 3. The monoisotopic (exact) mass is 517 g/mol. The van der Waals surface area contributed by atoms with Gasteiger partial charge in [0.2, 0.25) is 0 Å². The van der Waals surface area contributed by atoms with Crippen molar-refractivity contribution in [2.45, 2.75) is 25.8 Å². The van der Waals surface area contributed by atoms with Crippen LogP contribution in [0, 0.1) is 17.7 Å². The van der Waals surface area contributed by atoms with Gasteiger partial charge in [0.25, 0.3) is 15.9 Å². The van der Waals surface area contributed by atoms with Gasteiger partial charge in [0.05, 0.1) is 17.9 Å². The first kappa shape index (κ1) is 25.4. The number of amides is 1. The fraction of sp³-hybridized carbons (Fsp3) is 0.320. The van der Waals surface area contributed by atoms with Gasteiger partial charge < -0.3 is 15.4 Å². The number of carbonyl (C=O) groups is 1. The normalized spacial score (nSPS) is 14.0. The Bertz CT molecular complexity index is 1400. The summed E-state index contributed by atoms with van der Waals surface area (Å²) in [7, 11) is -4.26. The molecule has 1 saturated heterocycles. The van der Waals surface area contributed by atoms with Crippen molar-refractivity contribution in [3.63, 3.8) is 0 Å². The number of aromatic nitrogens is 2. The van der Waals surface area contributed by atoms with Gasteiger partial charge in [0.1, 0.15) is 23.2 Å². The maximum atomic E-state index is 14.3. The van der Waals surface area contributed by atoms with Gasteiger partial charge in [-0.3, -0.25) is 4.79 Å². The summed E-state index contributed by atoms with van der Waals surface area (Å²) in [5.74, 6) is 0.0272. The van der Waals surface area contributed by atoms with Gasteiger partial charge in [-0.15, -0.1) is 0 Å². The molecule has 11 heteroatoms. The van der Waals surface area contributed by atoms with Crippen molar-refractivity contribution in [2.24, 2.45) is 11.8 Å². The molecule has 1 fully saturated rings. The van der Waals surface area contributed by atoms with E-state index in [1.807, 2.05) is 23.5 Å². The van der Waals surface area contributed by atoms with Crippen molar-refractivity contribution >= 4 is 27.6 Å². The molecule has 1 aromatic carbocycles. The molecule has 3 aromatic rings. The topological polar surface area (TPSA) is 128 Å². The first-order chi connectivity index (χ1) is 17.0. The SMILES string of the molecule is CC(C)COc1cc(F)cc(-c2ccc(C(=O)NS(=O)(=O)c3cccc(N)n3)c(N3CC(C)C3)n2)c1.[HH].[HH]. The van der Waals surface area contributed by atoms with Crippen molar-refractivity contribution < 1.29 is 25.2 Å². The zero-order chi connectivity index (χ0) is 26.0. The lowest BCUT2D eigenvalue weighted by molar-refractivity contribution is 0.0981. The van der Waals surface area contributed by atoms with Crippen LogP contribution in [0.4, 0.5) is 16.0 Å². The molecule has 1 aliphatic rings. The molecule has 194 valence electrons. The molecular formula is C25H32FN5O4S. The van der Waals surface area contributed by atoms with Crippen molar-refractivity contribution in [1.82, 2.24) is 14.7 Å². The zero-order valence-electron chi connectivity index (χ0n) is 20.2. The summed E-state index contributed by atoms with van der Waals surface area (Å²) >= 11 is 0. The molecule has 4 rings (SSSR count). The third-order valence-electron chi connectivity index (χ3n) is 5.48. The third-order valence-corrected chi connectivity index (χ3v) is 6.71. The number of halogens is 1. The highest BCUT2D eigenvalue weighted by Gasteiger charge is 2.30. The average molecular weight is 518 g/mol. The predicted octanol–water partition coefficient (Wildman–Crippen LogP) is 3.97. The number of pyridine rings is 2. The zero-order valence-corrected chi connectivity index (χ0v) is 21.0. The van der Waals surface area contributed by atoms with E-state index >= 15 is 0 Å². The summed E-state index contributed by atoms with van der Waals surface area (Å²) in [6.45, 7) is 7.77. The average Bonchev–Trinajstić information content (AvgIpc) is 2.79. The predicted molar refractivity (Wildman–Crippen MR) is 139 cm³/mol. The minimum absolute atomic E-state index is 0. The molecule has 2 aromatic heterocycles. The Labute approximate surface area is 212 Å². The van der Waals surface area contributed by atoms with E-state index in [1.165, 1.54) is 36.4 Å². The molecular weight excluding hydrogens is 485 g/mol. The molecule has 0 bridgehead atoms. The second-order valence-corrected chi connectivity index (χ2v) is 10.9. The first-order valence-electron chi connectivity index (χ1n) is 11.5. The molecule has 0 saturated carbocycles. The number of rotatable bonds is 8. The quantitative estimate of drug-likeness (QED) is 0.460. The highest BCUT2D eigenvalue weighted by molar-refractivity contribution is 7.90. The van der Waals surface area contributed by atoms with Crippen LogP contribution in [0.1, 0.15) is 34.0 Å². The Morgan fingerprint density at radius 3 is 2.64 bits per heavy atom. The van der Waals surface area contributed by atoms with Gasteiger partial charge >= 0.3 is 0 Å². The van der Waals surface area contributed by atoms with Gasteiger partial charge in [0, 0.05) is 27.6 Å². The van der Waals surface area contributed by atoms with Crippen molar-refractivity contribution in [3.8, 4) is 17.0 Å². The molecule has 3 heterocycles. The fourth-order valence-electron chi connectivity index (χ4n) is 3.77. The van der Waals surface area contributed by atoms with Crippen LogP contribution in [-0.4, -0.2) is 44.0 Å². The second kappa shape index (κ2) is 10.1. The third kappa shape index (κ3) is 5.73. The number of ether oxygens (including phenoxy) is 1. The largest absolute Gasteiger partial charge is 0.493 e. The molecule has 0 aliphatic carbocycles. The Morgan fingerprint density at radius 2 is 1.97 bits per heavy atom. The first-order valence-corrected chi connectivity index (χ1v) is 13.0. The molecule has 3 N–H and O–H groups in total. The van der Waals surface area contributed by atoms with Crippen molar-refractivity contribution in [3.05, 3.63) is 59.9 Å². The minimum atomic E-state index is -4.26. The number of anilines is 2. The lowest BCUT2D eigenvalue weighted by Gasteiger charge is -2.39. The van der Waals surface area contributed by atoms with Crippen molar-refractivity contribution in [1.29, 1.82) is 0 Å². The van der Waals surface area contributed by atoms with E-state index in [-0.39, 0.29) is 25.2 Å². The summed E-state index contributed by atoms with van der Waals surface area (Å²) in [4.78, 5) is 23.4. The summed E-state index contributed by atoms with van der Waals surface area (Å²) < 4.78 is 47.5. The number of nitrogens with two attached hydrogens (primary N) is 1. The fourth-order valence-corrected chi connectivity index (χ4v) is 4.71. The molecule has 36 heavy (non-hydrogen) atoms. The van der Waals surface area contributed by atoms with E-state index in [9.17, 15) is 17.6 Å². The van der Waals surface area contributed by atoms with Crippen LogP contribution in [0.5, 0.6) is 5.75 Å². The van der Waals surface area contributed by atoms with Gasteiger partial charge in [-0.25, -0.2) is 19.1 Å². The summed E-state index contributed by atoms with van der Waals surface area (Å²) in [6.07, 6.45) is 0. The summed E-state index contributed by atoms with van der Waals surface area (Å²) in [6, 6.07) is 11.5. The number of benzene rings is 1. The Morgan fingerprint density at radius 1 is 1.22 bits per heavy atom. The summed E-state index contributed by atoms with van der Waals surface area (Å²) in [5, 5.41) is -0.367. The highest BCUT2D eigenvalue weighted by atomic mass is 32.2. The second-order valence-electron chi connectivity index (χ2n) is 9.29. The van der Waals surface area contributed by atoms with Crippen molar-refractivity contribution in [2.75, 3.05) is 30.3 Å². The molecule has 1 aliphatic heterocycles. The van der Waals surface area contributed by atoms with Gasteiger partial charge in [-0.2, -0.15) is 8.42 Å². The Balaban J connectivity index is 0.00000253. The molecule has 1 amide bonds. The Hall–Kier alpha value is -3.73. The standard InChI is InChI=1S/C25H28FN5O4S.2H2/c1-15(2)14-35-19-10-17(9-18(26)11-19)21-8-7-20(24(28-21)31-12-16(3)13-31)25(32)30-36(33,34)23-6-4-5-22(27)29-23;;/h4-11,15-16H,12-14H2,1-3H3,(H2,27,29)(H,30,32);2*1H. The molecule has 0 radical (unpaired) electrons. The molecule has 0 spiro atoms. The van der Waals surface area contributed by atoms with Crippen LogP contribution in [0.25, 0.3) is 11.3 Å². The van der Waals surface area contributed by atoms with Crippen LogP contribution in [0.2, 0.25) is 0 Å². The van der Waals surface area contributed by atoms with E-state index < -0.39 is 21.7 Å². The number of carbonyl (C=O) groups excluding carboxylic acids is 1. The van der Waals surface area contributed by atoms with Gasteiger partial charge in [-0.05, 0) is 48.2 Å². The number of nitrogens with one attached hydrogen (secondary N) is 1. The maximum Gasteiger partial charge on any atom is 0.281 e. The summed E-state index contributed by atoms with van der Waals surface area (Å²) in [5.41, 5.74) is 6.57. The number of nitrogen functional groups attached to an aromatic ring is 1. The van der Waals surface area contributed by atoms with Crippen LogP contribution in [0.3, 0.4) is 0 Å². The van der Waals surface area contributed by atoms with E-state index in [4.69, 9.17) is 10.5 Å². The molecule has 0 unspecified atom stereocenters. The van der Waals surface area contributed by atoms with Crippen LogP contribution in [0.15, 0.2) is 53.6 Å². The van der Waals surface area contributed by atoms with Gasteiger partial charge in [0.15, 0.2) is 5.03 Å². The molecule has 0 atom stereocenters. The highest BCUT2D eigenvalue weighted by Crippen LogP contribution is 2.31. The van der Waals surface area contributed by atoms with Gasteiger partial charge in [-0.1, -0.05) is 26.8 Å². The van der Waals surface area contributed by atoms with E-state index in [1.54, 1.807) is 12.1 Å².